The summed E-state index contributed by atoms with van der Waals surface area (Å²) >= 11 is 0.802. The molecule has 0 unspecified atom stereocenters. The zero-order valence-electron chi connectivity index (χ0n) is 67.9. The predicted octanol–water partition coefficient (Wildman–Crippen LogP) is -3.45. The Morgan fingerprint density at radius 2 is 0.746 bits per heavy atom. The zero-order valence-corrected chi connectivity index (χ0v) is 68.7. The Hall–Kier alpha value is -12.1. The molecule has 0 bridgehead atoms. The second-order valence-electron chi connectivity index (χ2n) is 29.9. The Bertz CT molecular complexity index is 3920. The quantitative estimate of drug-likeness (QED) is 0.0183. The fourth-order valence-corrected chi connectivity index (χ4v) is 13.2. The highest BCUT2D eigenvalue weighted by molar-refractivity contribution is 8.00. The third-order valence-corrected chi connectivity index (χ3v) is 19.9. The molecule has 28 N–H and O–H groups in total. The normalized spacial score (nSPS) is 22.9. The topological polar surface area (TPSA) is 644 Å². The van der Waals surface area contributed by atoms with Gasteiger partial charge < -0.3 is 113 Å². The average molecular weight is 1670 g/mol. The number of carbonyl (C=O) groups is 15. The second-order valence-corrected chi connectivity index (χ2v) is 30.9. The van der Waals surface area contributed by atoms with Crippen LogP contribution < -0.4 is 108 Å². The Balaban J connectivity index is 1.97. The molecule has 648 valence electrons. The molecular weight excluding hydrogens is 1550 g/mol. The van der Waals surface area contributed by atoms with E-state index in [0.29, 0.717) is 16.7 Å². The summed E-state index contributed by atoms with van der Waals surface area (Å²) in [5.74, 6) is -19.8. The smallest absolute Gasteiger partial charge is 0.305 e. The van der Waals surface area contributed by atoms with Gasteiger partial charge in [-0.1, -0.05) is 153 Å². The number of carboxylic acids is 1. The third kappa shape index (κ3) is 36.4. The number of hydrogen-bond acceptors (Lipinski definition) is 19. The molecule has 0 saturated carbocycles. The molecule has 14 amide bonds. The van der Waals surface area contributed by atoms with Crippen LogP contribution in [-0.4, -0.2) is 222 Å². The van der Waals surface area contributed by atoms with Crippen molar-refractivity contribution < 1.29 is 77.0 Å². The lowest BCUT2D eigenvalue weighted by Gasteiger charge is -2.31. The highest BCUT2D eigenvalue weighted by Crippen LogP contribution is 2.18. The van der Waals surface area contributed by atoms with E-state index in [1.807, 2.05) is 0 Å². The largest absolute Gasteiger partial charge is 0.481 e. The van der Waals surface area contributed by atoms with Crippen molar-refractivity contribution in [2.45, 2.75) is 205 Å². The van der Waals surface area contributed by atoms with Crippen molar-refractivity contribution in [3.63, 3.8) is 0 Å². The number of nitrogens with one attached hydrogen (secondary N) is 19. The number of guanidine groups is 3. The maximum atomic E-state index is 15.0. The van der Waals surface area contributed by atoms with Gasteiger partial charge in [-0.2, -0.15) is 0 Å². The Kier molecular flexibility index (Phi) is 42.5. The molecular formula is C78H119N23O16S. The average Bonchev–Trinajstić information content (AvgIpc) is 0.847. The highest BCUT2D eigenvalue weighted by atomic mass is 32.2. The van der Waals surface area contributed by atoms with Crippen LogP contribution in [0.25, 0.3) is 0 Å². The van der Waals surface area contributed by atoms with Gasteiger partial charge in [0.1, 0.15) is 72.5 Å². The number of aliphatic carboxylic acids is 1. The van der Waals surface area contributed by atoms with Crippen LogP contribution in [0.15, 0.2) is 91.0 Å². The SMILES string of the molecule is CC[C@H](C)[C@@H]1NC(=O)[C@H](C(C)C)NC(=O)[C@H](CC(C)C)NC(=O)[C@H](Cc2ccccc2)NC(=O)[C@H](Cc2ccccc2)NC(=O)CSC[C@@H](C(=O)NCC(N)=O)NC(=O)[C@H](CCCNC(=N)N)NC(=O)[C@H](Cc2ccccc2)NC(=O)[C@H](C(C)C)NC(=O)[C@H](CCCNC(=N)N)NC(=O)[C@H](CC(=O)O)NC(=O)[C@H](CCCNC(=N)N)NC1=O. The van der Waals surface area contributed by atoms with Crippen LogP contribution in [0.1, 0.15) is 130 Å². The van der Waals surface area contributed by atoms with Crippen molar-refractivity contribution in [3.05, 3.63) is 108 Å². The van der Waals surface area contributed by atoms with Gasteiger partial charge in [0.25, 0.3) is 0 Å². The molecule has 1 heterocycles. The van der Waals surface area contributed by atoms with E-state index in [-0.39, 0.29) is 96.2 Å². The molecule has 1 aliphatic heterocycles. The van der Waals surface area contributed by atoms with Gasteiger partial charge >= 0.3 is 5.97 Å². The van der Waals surface area contributed by atoms with Crippen molar-refractivity contribution in [2.75, 3.05) is 37.7 Å². The first kappa shape index (κ1) is 98.2. The van der Waals surface area contributed by atoms with E-state index in [1.54, 1.807) is 146 Å². The number of thioether (sulfide) groups is 1. The standard InChI is InChI=1S/C78H119N23O16S/c1-9-45(8)63-75(117)93-50(29-20-32-87-77(82)83)65(107)96-56(38-60(104)105)71(113)92-51(30-21-33-88-78(84)85)67(109)99-61(43(4)5)73(115)97-55(37-48-26-17-12-18-27-48)69(111)91-49(28-19-31-86-76(80)81)66(108)98-57(64(106)89-39-58(79)102)40-118-41-59(103)90-53(35-46-22-13-10-14-23-46)68(110)95-54(36-47-24-15-11-16-25-47)70(112)94-52(34-42(2)3)72(114)100-62(44(6)7)74(116)101-63/h10-18,22-27,42-45,49-57,61-63H,9,19-21,28-41H2,1-8H3,(H2,79,102)(H,89,106)(H,90,103)(H,91,111)(H,92,113)(H,93,117)(H,94,112)(H,95,110)(H,96,107)(H,97,115)(H,98,108)(H,99,109)(H,100,114)(H,101,116)(H,104,105)(H4,80,81,86)(H4,82,83,87)(H4,84,85,88)/t45-,49-,50-,51-,52-,53-,54-,55-,56-,57-,61-,62-,63-/m0/s1. The zero-order chi connectivity index (χ0) is 87.7. The molecule has 0 aromatic heterocycles. The van der Waals surface area contributed by atoms with Crippen LogP contribution in [0, 0.1) is 39.9 Å². The van der Waals surface area contributed by atoms with Gasteiger partial charge in [0.2, 0.25) is 82.7 Å². The number of carbonyl (C=O) groups excluding carboxylic acids is 14. The van der Waals surface area contributed by atoms with Gasteiger partial charge in [-0.15, -0.1) is 11.8 Å². The maximum Gasteiger partial charge on any atom is 0.305 e. The number of hydrogen-bond donors (Lipinski definition) is 24. The summed E-state index contributed by atoms with van der Waals surface area (Å²) in [6, 6.07) is 6.62. The third-order valence-electron chi connectivity index (χ3n) is 18.8. The number of nitrogens with two attached hydrogens (primary N) is 4. The predicted molar refractivity (Wildman–Crippen MR) is 441 cm³/mol. The van der Waals surface area contributed by atoms with Crippen LogP contribution in [0.2, 0.25) is 0 Å². The van der Waals surface area contributed by atoms with Crippen LogP contribution in [0.4, 0.5) is 0 Å². The Labute approximate surface area is 690 Å². The van der Waals surface area contributed by atoms with Crippen molar-refractivity contribution >= 4 is 118 Å². The minimum atomic E-state index is -2.01. The molecule has 39 nitrogen and oxygen atoms in total. The second kappa shape index (κ2) is 51.1. The number of amides is 14. The van der Waals surface area contributed by atoms with Crippen molar-refractivity contribution in [1.82, 2.24) is 85.1 Å². The summed E-state index contributed by atoms with van der Waals surface area (Å²) in [6.45, 7) is 12.4. The molecule has 0 radical (unpaired) electrons. The minimum absolute atomic E-state index is 0.00363. The van der Waals surface area contributed by atoms with Gasteiger partial charge in [0.15, 0.2) is 17.9 Å². The lowest BCUT2D eigenvalue weighted by molar-refractivity contribution is -0.142. The van der Waals surface area contributed by atoms with Crippen LogP contribution in [-0.2, 0) is 91.2 Å². The molecule has 0 aliphatic carbocycles. The van der Waals surface area contributed by atoms with Crippen LogP contribution in [0.5, 0.6) is 0 Å². The highest BCUT2D eigenvalue weighted by Gasteiger charge is 2.40. The molecule has 40 heteroatoms. The van der Waals surface area contributed by atoms with E-state index in [1.165, 1.54) is 0 Å². The van der Waals surface area contributed by atoms with E-state index in [9.17, 15) is 77.0 Å². The lowest BCUT2D eigenvalue weighted by atomic mass is 9.95. The molecule has 1 saturated heterocycles. The van der Waals surface area contributed by atoms with E-state index >= 15 is 0 Å². The number of carboxylic acid groups (broad SMARTS) is 1. The Morgan fingerprint density at radius 3 is 1.14 bits per heavy atom. The van der Waals surface area contributed by atoms with Gasteiger partial charge in [0.05, 0.1) is 18.7 Å². The van der Waals surface area contributed by atoms with Gasteiger partial charge in [-0.25, -0.2) is 0 Å². The van der Waals surface area contributed by atoms with Gasteiger partial charge in [0, 0.05) is 44.6 Å². The summed E-state index contributed by atoms with van der Waals surface area (Å²) < 4.78 is 0. The monoisotopic (exact) mass is 1670 g/mol. The van der Waals surface area contributed by atoms with E-state index in [0.717, 1.165) is 11.8 Å². The maximum absolute atomic E-state index is 15.0. The summed E-state index contributed by atoms with van der Waals surface area (Å²) in [5.41, 5.74) is 23.7. The van der Waals surface area contributed by atoms with Crippen LogP contribution in [0.3, 0.4) is 0 Å². The summed E-state index contributed by atoms with van der Waals surface area (Å²) in [4.78, 5) is 216. The summed E-state index contributed by atoms with van der Waals surface area (Å²) in [5, 5.41) is 75.4. The first-order valence-corrected chi connectivity index (χ1v) is 40.4. The first-order valence-electron chi connectivity index (χ1n) is 39.2. The van der Waals surface area contributed by atoms with E-state index in [4.69, 9.17) is 39.2 Å². The molecule has 13 atom stereocenters. The van der Waals surface area contributed by atoms with E-state index in [2.05, 4.69) is 85.1 Å². The van der Waals surface area contributed by atoms with Crippen LogP contribution >= 0.6 is 11.8 Å². The van der Waals surface area contributed by atoms with Crippen molar-refractivity contribution in [2.24, 2.45) is 46.6 Å². The molecule has 3 aromatic carbocycles. The van der Waals surface area contributed by atoms with Crippen molar-refractivity contribution in [1.29, 1.82) is 16.2 Å². The number of benzene rings is 3. The van der Waals surface area contributed by atoms with Gasteiger partial charge in [-0.3, -0.25) is 88.1 Å². The number of primary amides is 1. The first-order chi connectivity index (χ1) is 55.8. The van der Waals surface area contributed by atoms with Crippen molar-refractivity contribution in [3.8, 4) is 0 Å². The minimum Gasteiger partial charge on any atom is -0.481 e. The molecule has 1 fully saturated rings. The van der Waals surface area contributed by atoms with E-state index < -0.39 is 221 Å². The Morgan fingerprint density at radius 1 is 0.424 bits per heavy atom. The van der Waals surface area contributed by atoms with Gasteiger partial charge in [-0.05, 0) is 85.3 Å². The summed E-state index contributed by atoms with van der Waals surface area (Å²) in [7, 11) is 0. The molecule has 4 rings (SSSR count). The molecule has 1 aliphatic rings. The lowest BCUT2D eigenvalue weighted by Crippen LogP contribution is -2.62. The fourth-order valence-electron chi connectivity index (χ4n) is 12.3. The fraction of sp³-hybridized carbons (Fsp3) is 0.538. The molecule has 118 heavy (non-hydrogen) atoms. The number of rotatable bonds is 29. The molecule has 3 aromatic rings. The summed E-state index contributed by atoms with van der Waals surface area (Å²) in [6.07, 6.45) is -2.24. The molecule has 0 spiro atoms.